The third kappa shape index (κ3) is 3.19. The highest BCUT2D eigenvalue weighted by atomic mass is 16.5. The Hall–Kier alpha value is -2.75. The number of pyridine rings is 1. The highest BCUT2D eigenvalue weighted by Crippen LogP contribution is 2.39. The van der Waals surface area contributed by atoms with Crippen molar-refractivity contribution in [3.8, 4) is 28.7 Å². The fourth-order valence-corrected chi connectivity index (χ4v) is 3.35. The normalized spacial score (nSPS) is 15.2. The number of hydrogen-bond acceptors (Lipinski definition) is 4. The van der Waals surface area contributed by atoms with Crippen molar-refractivity contribution in [1.29, 1.82) is 0 Å². The van der Waals surface area contributed by atoms with Crippen LogP contribution in [0.25, 0.3) is 22.8 Å². The topological polar surface area (TPSA) is 47.9 Å². The Balaban J connectivity index is 1.94. The predicted molar refractivity (Wildman–Crippen MR) is 103 cm³/mol. The summed E-state index contributed by atoms with van der Waals surface area (Å²) in [7, 11) is 0. The molecular weight excluding hydrogens is 322 g/mol. The summed E-state index contributed by atoms with van der Waals surface area (Å²) in [6.07, 6.45) is 0.896. The molecule has 1 aliphatic heterocycles. The second-order valence-corrected chi connectivity index (χ2v) is 7.84. The van der Waals surface area contributed by atoms with Gasteiger partial charge in [-0.05, 0) is 38.5 Å². The van der Waals surface area contributed by atoms with Gasteiger partial charge in [0.2, 0.25) is 5.88 Å². The molecule has 2 aromatic heterocycles. The average Bonchev–Trinajstić information content (AvgIpc) is 2.60. The summed E-state index contributed by atoms with van der Waals surface area (Å²) < 4.78 is 6.04. The van der Waals surface area contributed by atoms with E-state index >= 15 is 0 Å². The summed E-state index contributed by atoms with van der Waals surface area (Å²) in [6.45, 7) is 9.16. The van der Waals surface area contributed by atoms with E-state index in [1.807, 2.05) is 25.1 Å². The molecule has 4 nitrogen and oxygen atoms in total. The van der Waals surface area contributed by atoms with Crippen LogP contribution in [0.2, 0.25) is 0 Å². The van der Waals surface area contributed by atoms with Crippen molar-refractivity contribution < 1.29 is 4.74 Å². The van der Waals surface area contributed by atoms with E-state index in [2.05, 4.69) is 50.0 Å². The first-order chi connectivity index (χ1) is 12.4. The standard InChI is InChI=1S/C22H23N3O/c1-14-7-5-9-16(11-14)19-17-12-22(3,4)13-26-21(17)25-20(24-19)18-10-6-8-15(2)23-18/h5-11H,12-13H2,1-4H3. The number of nitrogens with zero attached hydrogens (tertiary/aromatic N) is 3. The average molecular weight is 345 g/mol. The van der Waals surface area contributed by atoms with E-state index in [0.29, 0.717) is 18.3 Å². The van der Waals surface area contributed by atoms with E-state index in [0.717, 1.165) is 34.6 Å². The van der Waals surface area contributed by atoms with Gasteiger partial charge in [-0.25, -0.2) is 9.97 Å². The van der Waals surface area contributed by atoms with Gasteiger partial charge in [-0.15, -0.1) is 0 Å². The molecule has 0 saturated carbocycles. The minimum absolute atomic E-state index is 0.0675. The molecule has 0 N–H and O–H groups in total. The third-order valence-corrected chi connectivity index (χ3v) is 4.63. The highest BCUT2D eigenvalue weighted by molar-refractivity contribution is 5.69. The Labute approximate surface area is 154 Å². The fraction of sp³-hybridized carbons (Fsp3) is 0.318. The van der Waals surface area contributed by atoms with Crippen LogP contribution in [0.4, 0.5) is 0 Å². The van der Waals surface area contributed by atoms with Gasteiger partial charge in [-0.3, -0.25) is 0 Å². The molecule has 0 spiro atoms. The van der Waals surface area contributed by atoms with Crippen LogP contribution >= 0.6 is 0 Å². The Morgan fingerprint density at radius 2 is 1.77 bits per heavy atom. The summed E-state index contributed by atoms with van der Waals surface area (Å²) >= 11 is 0. The van der Waals surface area contributed by atoms with Gasteiger partial charge >= 0.3 is 0 Å². The van der Waals surface area contributed by atoms with E-state index in [9.17, 15) is 0 Å². The molecule has 4 heteroatoms. The summed E-state index contributed by atoms with van der Waals surface area (Å²) in [4.78, 5) is 14.2. The Morgan fingerprint density at radius 1 is 0.962 bits per heavy atom. The molecule has 1 aromatic carbocycles. The smallest absolute Gasteiger partial charge is 0.220 e. The lowest BCUT2D eigenvalue weighted by Crippen LogP contribution is -2.30. The Bertz CT molecular complexity index is 979. The monoisotopic (exact) mass is 345 g/mol. The maximum absolute atomic E-state index is 6.04. The molecule has 132 valence electrons. The van der Waals surface area contributed by atoms with Crippen LogP contribution in [0.5, 0.6) is 5.88 Å². The van der Waals surface area contributed by atoms with Crippen molar-refractivity contribution in [3.05, 3.63) is 59.3 Å². The van der Waals surface area contributed by atoms with Crippen molar-refractivity contribution in [2.75, 3.05) is 6.61 Å². The largest absolute Gasteiger partial charge is 0.477 e. The highest BCUT2D eigenvalue weighted by Gasteiger charge is 2.31. The third-order valence-electron chi connectivity index (χ3n) is 4.63. The van der Waals surface area contributed by atoms with Crippen LogP contribution in [0, 0.1) is 19.3 Å². The molecule has 0 unspecified atom stereocenters. The summed E-state index contributed by atoms with van der Waals surface area (Å²) in [5, 5.41) is 0. The SMILES string of the molecule is Cc1cccc(-c2nc(-c3cccc(C)n3)nc3c2CC(C)(C)CO3)c1. The van der Waals surface area contributed by atoms with E-state index < -0.39 is 0 Å². The van der Waals surface area contributed by atoms with Crippen LogP contribution in [0.1, 0.15) is 30.7 Å². The zero-order valence-corrected chi connectivity index (χ0v) is 15.7. The first-order valence-electron chi connectivity index (χ1n) is 8.96. The maximum atomic E-state index is 6.04. The molecule has 0 radical (unpaired) electrons. The van der Waals surface area contributed by atoms with E-state index in [1.165, 1.54) is 5.56 Å². The number of hydrogen-bond donors (Lipinski definition) is 0. The molecular formula is C22H23N3O. The van der Waals surface area contributed by atoms with Crippen molar-refractivity contribution >= 4 is 0 Å². The van der Waals surface area contributed by atoms with E-state index in [-0.39, 0.29) is 5.41 Å². The summed E-state index contributed by atoms with van der Waals surface area (Å²) in [5.41, 5.74) is 6.13. The maximum Gasteiger partial charge on any atom is 0.220 e. The first kappa shape index (κ1) is 16.7. The Morgan fingerprint density at radius 3 is 2.54 bits per heavy atom. The van der Waals surface area contributed by atoms with Crippen molar-refractivity contribution in [3.63, 3.8) is 0 Å². The van der Waals surface area contributed by atoms with Crippen LogP contribution in [0.15, 0.2) is 42.5 Å². The molecule has 0 bridgehead atoms. The van der Waals surface area contributed by atoms with Crippen molar-refractivity contribution in [2.24, 2.45) is 5.41 Å². The lowest BCUT2D eigenvalue weighted by molar-refractivity contribution is 0.148. The second kappa shape index (κ2) is 6.20. The van der Waals surface area contributed by atoms with Gasteiger partial charge < -0.3 is 4.74 Å². The minimum atomic E-state index is 0.0675. The molecule has 0 fully saturated rings. The first-order valence-corrected chi connectivity index (χ1v) is 8.96. The van der Waals surface area contributed by atoms with Crippen molar-refractivity contribution in [1.82, 2.24) is 15.0 Å². The van der Waals surface area contributed by atoms with Gasteiger partial charge in [-0.2, -0.15) is 4.98 Å². The van der Waals surface area contributed by atoms with Gasteiger partial charge in [-0.1, -0.05) is 43.7 Å². The van der Waals surface area contributed by atoms with Gasteiger partial charge in [0, 0.05) is 22.2 Å². The molecule has 4 rings (SSSR count). The van der Waals surface area contributed by atoms with Crippen LogP contribution in [-0.4, -0.2) is 21.6 Å². The molecule has 1 aliphatic rings. The Kier molecular flexibility index (Phi) is 3.98. The van der Waals surface area contributed by atoms with Crippen molar-refractivity contribution in [2.45, 2.75) is 34.1 Å². The number of rotatable bonds is 2. The molecule has 0 amide bonds. The number of benzene rings is 1. The van der Waals surface area contributed by atoms with Gasteiger partial charge in [0.25, 0.3) is 0 Å². The summed E-state index contributed by atoms with van der Waals surface area (Å²) in [5.74, 6) is 1.30. The number of aryl methyl sites for hydroxylation is 2. The minimum Gasteiger partial charge on any atom is -0.477 e. The van der Waals surface area contributed by atoms with Crippen LogP contribution < -0.4 is 4.74 Å². The van der Waals surface area contributed by atoms with Crippen LogP contribution in [0.3, 0.4) is 0 Å². The lowest BCUT2D eigenvalue weighted by Gasteiger charge is -2.31. The molecule has 0 aliphatic carbocycles. The molecule has 0 saturated heterocycles. The summed E-state index contributed by atoms with van der Waals surface area (Å²) in [6, 6.07) is 14.3. The van der Waals surface area contributed by atoms with Gasteiger partial charge in [0.1, 0.15) is 5.69 Å². The zero-order valence-electron chi connectivity index (χ0n) is 15.7. The van der Waals surface area contributed by atoms with Gasteiger partial charge in [0.15, 0.2) is 5.82 Å². The molecule has 26 heavy (non-hydrogen) atoms. The second-order valence-electron chi connectivity index (χ2n) is 7.84. The lowest BCUT2D eigenvalue weighted by atomic mass is 9.83. The predicted octanol–water partition coefficient (Wildman–Crippen LogP) is 4.78. The van der Waals surface area contributed by atoms with E-state index in [1.54, 1.807) is 0 Å². The zero-order chi connectivity index (χ0) is 18.3. The van der Waals surface area contributed by atoms with E-state index in [4.69, 9.17) is 14.7 Å². The van der Waals surface area contributed by atoms with Crippen LogP contribution in [-0.2, 0) is 6.42 Å². The molecule has 0 atom stereocenters. The molecule has 3 aromatic rings. The quantitative estimate of drug-likeness (QED) is 0.670. The fourth-order valence-electron chi connectivity index (χ4n) is 3.35. The van der Waals surface area contributed by atoms with Gasteiger partial charge in [0.05, 0.1) is 12.3 Å². The number of ether oxygens (including phenoxy) is 1. The molecule has 3 heterocycles. The number of aromatic nitrogens is 3. The number of fused-ring (bicyclic) bond motifs is 1.